The monoisotopic (exact) mass is 278 g/mol. The van der Waals surface area contributed by atoms with Crippen LogP contribution in [0, 0.1) is 17.1 Å². The van der Waals surface area contributed by atoms with Gasteiger partial charge in [-0.2, -0.15) is 5.26 Å². The van der Waals surface area contributed by atoms with E-state index in [0.717, 1.165) is 0 Å². The second kappa shape index (κ2) is 8.28. The molecule has 5 heteroatoms. The molecule has 1 rings (SSSR count). The molecule has 0 heterocycles. The molecular weight excluding hydrogens is 259 g/mol. The number of hydrogen-bond donors (Lipinski definition) is 0. The number of halogens is 1. The first-order chi connectivity index (χ1) is 9.63. The molecule has 0 aliphatic carbocycles. The van der Waals surface area contributed by atoms with Gasteiger partial charge in [0.05, 0.1) is 19.1 Å². The number of hydrogen-bond acceptors (Lipinski definition) is 4. The maximum atomic E-state index is 13.8. The number of benzene rings is 1. The standard InChI is InChI=1S/C15H19FN2O2/c1-3-18(10-9-15(19)20-4-2)14(11-17)12-7-5-6-8-13(12)16/h5-8,14H,3-4,9-10H2,1-2H3. The maximum absolute atomic E-state index is 13.8. The van der Waals surface area contributed by atoms with E-state index in [-0.39, 0.29) is 12.4 Å². The average molecular weight is 278 g/mol. The molecule has 4 nitrogen and oxygen atoms in total. The second-order valence-electron chi connectivity index (χ2n) is 4.24. The molecular formula is C15H19FN2O2. The number of esters is 1. The molecule has 0 aromatic heterocycles. The van der Waals surface area contributed by atoms with Crippen LogP contribution in [-0.2, 0) is 9.53 Å². The Hall–Kier alpha value is -1.93. The molecule has 0 spiro atoms. The van der Waals surface area contributed by atoms with Gasteiger partial charge < -0.3 is 4.74 Å². The number of carbonyl (C=O) groups excluding carboxylic acids is 1. The first-order valence-corrected chi connectivity index (χ1v) is 6.67. The van der Waals surface area contributed by atoms with E-state index in [1.807, 2.05) is 6.92 Å². The van der Waals surface area contributed by atoms with Crippen molar-refractivity contribution in [2.45, 2.75) is 26.3 Å². The van der Waals surface area contributed by atoms with E-state index in [1.165, 1.54) is 6.07 Å². The summed E-state index contributed by atoms with van der Waals surface area (Å²) >= 11 is 0. The molecule has 1 atom stereocenters. The summed E-state index contributed by atoms with van der Waals surface area (Å²) in [5.41, 5.74) is 0.334. The Kier molecular flexibility index (Phi) is 6.68. The van der Waals surface area contributed by atoms with Gasteiger partial charge in [-0.05, 0) is 19.5 Å². The molecule has 0 saturated carbocycles. The molecule has 0 N–H and O–H groups in total. The number of carbonyl (C=O) groups is 1. The Balaban J connectivity index is 2.78. The van der Waals surface area contributed by atoms with Crippen molar-refractivity contribution in [2.24, 2.45) is 0 Å². The molecule has 0 saturated heterocycles. The molecule has 0 aliphatic heterocycles. The second-order valence-corrected chi connectivity index (χ2v) is 4.24. The minimum absolute atomic E-state index is 0.189. The summed E-state index contributed by atoms with van der Waals surface area (Å²) in [6.45, 7) is 4.86. The van der Waals surface area contributed by atoms with Crippen molar-refractivity contribution in [3.8, 4) is 6.07 Å². The summed E-state index contributed by atoms with van der Waals surface area (Å²) < 4.78 is 18.6. The zero-order chi connectivity index (χ0) is 15.0. The predicted octanol–water partition coefficient (Wildman–Crippen LogP) is 2.67. The van der Waals surface area contributed by atoms with Crippen molar-refractivity contribution in [1.82, 2.24) is 4.90 Å². The Morgan fingerprint density at radius 1 is 1.45 bits per heavy atom. The van der Waals surface area contributed by atoms with Crippen molar-refractivity contribution in [2.75, 3.05) is 19.7 Å². The van der Waals surface area contributed by atoms with Crippen LogP contribution in [0.2, 0.25) is 0 Å². The van der Waals surface area contributed by atoms with Crippen LogP contribution in [0.3, 0.4) is 0 Å². The van der Waals surface area contributed by atoms with E-state index in [0.29, 0.717) is 25.3 Å². The van der Waals surface area contributed by atoms with Gasteiger partial charge in [0.1, 0.15) is 11.9 Å². The van der Waals surface area contributed by atoms with Crippen LogP contribution in [0.15, 0.2) is 24.3 Å². The first-order valence-electron chi connectivity index (χ1n) is 6.67. The van der Waals surface area contributed by atoms with Gasteiger partial charge in [0.25, 0.3) is 0 Å². The SMILES string of the molecule is CCOC(=O)CCN(CC)C(C#N)c1ccccc1F. The topological polar surface area (TPSA) is 53.3 Å². The van der Waals surface area contributed by atoms with Crippen LogP contribution in [0.5, 0.6) is 0 Å². The highest BCUT2D eigenvalue weighted by Crippen LogP contribution is 2.22. The highest BCUT2D eigenvalue weighted by molar-refractivity contribution is 5.69. The molecule has 1 aromatic rings. The zero-order valence-corrected chi connectivity index (χ0v) is 11.8. The molecule has 0 bridgehead atoms. The van der Waals surface area contributed by atoms with E-state index < -0.39 is 11.9 Å². The van der Waals surface area contributed by atoms with E-state index in [4.69, 9.17) is 4.74 Å². The summed E-state index contributed by atoms with van der Waals surface area (Å²) in [4.78, 5) is 13.1. The van der Waals surface area contributed by atoms with Crippen LogP contribution in [0.1, 0.15) is 31.9 Å². The van der Waals surface area contributed by atoms with Crippen molar-refractivity contribution in [1.29, 1.82) is 5.26 Å². The number of nitriles is 1. The number of rotatable bonds is 7. The molecule has 0 amide bonds. The van der Waals surface area contributed by atoms with Crippen LogP contribution in [0.25, 0.3) is 0 Å². The van der Waals surface area contributed by atoms with Gasteiger partial charge in [-0.3, -0.25) is 9.69 Å². The molecule has 0 fully saturated rings. The number of nitrogens with zero attached hydrogens (tertiary/aromatic N) is 2. The third-order valence-corrected chi connectivity index (χ3v) is 3.00. The smallest absolute Gasteiger partial charge is 0.307 e. The van der Waals surface area contributed by atoms with E-state index in [2.05, 4.69) is 6.07 Å². The van der Waals surface area contributed by atoms with Gasteiger partial charge in [-0.15, -0.1) is 0 Å². The summed E-state index contributed by atoms with van der Waals surface area (Å²) in [6, 6.07) is 7.61. The summed E-state index contributed by atoms with van der Waals surface area (Å²) in [5.74, 6) is -0.718. The normalized spacial score (nSPS) is 11.9. The molecule has 0 aliphatic rings. The van der Waals surface area contributed by atoms with Gasteiger partial charge in [0.2, 0.25) is 0 Å². The summed E-state index contributed by atoms with van der Waals surface area (Å²) in [6.07, 6.45) is 0.189. The lowest BCUT2D eigenvalue weighted by Crippen LogP contribution is -2.31. The molecule has 0 radical (unpaired) electrons. The first kappa shape index (κ1) is 16.1. The Labute approximate surface area is 118 Å². The Bertz CT molecular complexity index is 485. The van der Waals surface area contributed by atoms with Crippen LogP contribution >= 0.6 is 0 Å². The minimum atomic E-state index is -0.698. The van der Waals surface area contributed by atoms with E-state index in [9.17, 15) is 14.4 Å². The molecule has 108 valence electrons. The summed E-state index contributed by atoms with van der Waals surface area (Å²) in [5, 5.41) is 9.30. The lowest BCUT2D eigenvalue weighted by molar-refractivity contribution is -0.143. The lowest BCUT2D eigenvalue weighted by Gasteiger charge is -2.25. The minimum Gasteiger partial charge on any atom is -0.466 e. The van der Waals surface area contributed by atoms with Crippen molar-refractivity contribution in [3.63, 3.8) is 0 Å². The number of ether oxygens (including phenoxy) is 1. The molecule has 20 heavy (non-hydrogen) atoms. The lowest BCUT2D eigenvalue weighted by atomic mass is 10.1. The van der Waals surface area contributed by atoms with Gasteiger partial charge in [0, 0.05) is 12.1 Å². The molecule has 1 aromatic carbocycles. The summed E-state index contributed by atoms with van der Waals surface area (Å²) in [7, 11) is 0. The Morgan fingerprint density at radius 3 is 2.70 bits per heavy atom. The fourth-order valence-corrected chi connectivity index (χ4v) is 1.98. The zero-order valence-electron chi connectivity index (χ0n) is 11.8. The van der Waals surface area contributed by atoms with E-state index >= 15 is 0 Å². The fraction of sp³-hybridized carbons (Fsp3) is 0.467. The third-order valence-electron chi connectivity index (χ3n) is 3.00. The quantitative estimate of drug-likeness (QED) is 0.719. The van der Waals surface area contributed by atoms with Crippen molar-refractivity contribution >= 4 is 5.97 Å². The van der Waals surface area contributed by atoms with Gasteiger partial charge in [-0.25, -0.2) is 4.39 Å². The van der Waals surface area contributed by atoms with Crippen molar-refractivity contribution in [3.05, 3.63) is 35.6 Å². The maximum Gasteiger partial charge on any atom is 0.307 e. The van der Waals surface area contributed by atoms with Crippen LogP contribution in [-0.4, -0.2) is 30.6 Å². The average Bonchev–Trinajstić information content (AvgIpc) is 2.45. The van der Waals surface area contributed by atoms with Gasteiger partial charge >= 0.3 is 5.97 Å². The molecule has 1 unspecified atom stereocenters. The third kappa shape index (κ3) is 4.32. The highest BCUT2D eigenvalue weighted by atomic mass is 19.1. The van der Waals surface area contributed by atoms with E-state index in [1.54, 1.807) is 30.0 Å². The van der Waals surface area contributed by atoms with Crippen LogP contribution in [0.4, 0.5) is 4.39 Å². The van der Waals surface area contributed by atoms with Gasteiger partial charge in [0.15, 0.2) is 0 Å². The Morgan fingerprint density at radius 2 is 2.15 bits per heavy atom. The van der Waals surface area contributed by atoms with Gasteiger partial charge in [-0.1, -0.05) is 25.1 Å². The largest absolute Gasteiger partial charge is 0.466 e. The highest BCUT2D eigenvalue weighted by Gasteiger charge is 2.22. The van der Waals surface area contributed by atoms with Crippen molar-refractivity contribution < 1.29 is 13.9 Å². The fourth-order valence-electron chi connectivity index (χ4n) is 1.98. The predicted molar refractivity (Wildman–Crippen MR) is 73.3 cm³/mol. The van der Waals surface area contributed by atoms with Crippen LogP contribution < -0.4 is 0 Å².